The molecule has 4 N–H and O–H groups in total. The van der Waals surface area contributed by atoms with E-state index in [1.54, 1.807) is 27.7 Å². The Kier molecular flexibility index (Phi) is 4.51. The van der Waals surface area contributed by atoms with Crippen LogP contribution in [0.4, 0.5) is 5.69 Å². The van der Waals surface area contributed by atoms with E-state index >= 15 is 0 Å². The van der Waals surface area contributed by atoms with Gasteiger partial charge in [-0.25, -0.2) is 0 Å². The molecule has 116 valence electrons. The minimum Gasteiger partial charge on any atom is -0.506 e. The summed E-state index contributed by atoms with van der Waals surface area (Å²) in [5.41, 5.74) is 3.07. The third-order valence-electron chi connectivity index (χ3n) is 3.17. The first-order chi connectivity index (χ1) is 9.54. The van der Waals surface area contributed by atoms with Gasteiger partial charge in [-0.1, -0.05) is 13.0 Å². The van der Waals surface area contributed by atoms with Gasteiger partial charge in [-0.05, 0) is 44.9 Å². The number of anilines is 1. The zero-order chi connectivity index (χ0) is 16.4. The molecule has 1 aromatic rings. The maximum absolute atomic E-state index is 12.4. The van der Waals surface area contributed by atoms with Gasteiger partial charge in [-0.2, -0.15) is 0 Å². The predicted octanol–water partition coefficient (Wildman–Crippen LogP) is 2.05. The molecular formula is C15H21NO5. The number of ether oxygens (including phenoxy) is 1. The van der Waals surface area contributed by atoms with Crippen molar-refractivity contribution in [2.45, 2.75) is 45.1 Å². The summed E-state index contributed by atoms with van der Waals surface area (Å²) in [7, 11) is 0. The largest absolute Gasteiger partial charge is 0.506 e. The number of carboxylic acid groups (broad SMARTS) is 1. The van der Waals surface area contributed by atoms with Crippen LogP contribution in [-0.2, 0) is 19.7 Å². The second kappa shape index (κ2) is 5.63. The molecule has 0 aromatic heterocycles. The normalized spacial score (nSPS) is 14.3. The number of aromatic hydroxyl groups is 1. The first-order valence-corrected chi connectivity index (χ1v) is 6.60. The number of carboxylic acids is 1. The topological polar surface area (TPSA) is 110 Å². The van der Waals surface area contributed by atoms with Crippen LogP contribution in [0.2, 0.25) is 0 Å². The van der Waals surface area contributed by atoms with Crippen molar-refractivity contribution >= 4 is 17.6 Å². The molecule has 6 nitrogen and oxygen atoms in total. The minimum atomic E-state index is -1.88. The predicted molar refractivity (Wildman–Crippen MR) is 78.0 cm³/mol. The van der Waals surface area contributed by atoms with Crippen LogP contribution in [0, 0.1) is 0 Å². The molecule has 0 bridgehead atoms. The van der Waals surface area contributed by atoms with E-state index in [-0.39, 0.29) is 23.4 Å². The Labute approximate surface area is 123 Å². The molecule has 1 rings (SSSR count). The number of carbonyl (C=O) groups excluding carboxylic acids is 1. The Morgan fingerprint density at radius 2 is 1.86 bits per heavy atom. The molecule has 0 amide bonds. The van der Waals surface area contributed by atoms with Gasteiger partial charge in [0.25, 0.3) is 0 Å². The standard InChI is InChI=1S/C15H21NO5/c1-5-15(12(18)19,13(20)21-14(2,3)4)9-6-7-10(16)11(17)8-9/h6-8,17H,5,16H2,1-4H3,(H,18,19)/t15-/m1/s1. The molecule has 6 heteroatoms. The van der Waals surface area contributed by atoms with E-state index in [9.17, 15) is 19.8 Å². The van der Waals surface area contributed by atoms with Crippen LogP contribution in [0.5, 0.6) is 5.75 Å². The van der Waals surface area contributed by atoms with E-state index in [0.29, 0.717) is 0 Å². The second-order valence-electron chi connectivity index (χ2n) is 5.84. The molecule has 0 aliphatic rings. The van der Waals surface area contributed by atoms with Gasteiger partial charge in [0.1, 0.15) is 11.4 Å². The first kappa shape index (κ1) is 16.8. The molecule has 0 fully saturated rings. The van der Waals surface area contributed by atoms with E-state index in [4.69, 9.17) is 10.5 Å². The van der Waals surface area contributed by atoms with E-state index in [1.807, 2.05) is 0 Å². The molecule has 0 saturated carbocycles. The number of aliphatic carboxylic acids is 1. The van der Waals surface area contributed by atoms with Gasteiger partial charge < -0.3 is 20.7 Å². The number of nitrogen functional groups attached to an aromatic ring is 1. The van der Waals surface area contributed by atoms with Crippen LogP contribution in [0.15, 0.2) is 18.2 Å². The van der Waals surface area contributed by atoms with Gasteiger partial charge in [0, 0.05) is 0 Å². The fourth-order valence-corrected chi connectivity index (χ4v) is 2.00. The Morgan fingerprint density at radius 1 is 1.29 bits per heavy atom. The highest BCUT2D eigenvalue weighted by molar-refractivity contribution is 6.05. The molecule has 1 aromatic carbocycles. The monoisotopic (exact) mass is 295 g/mol. The quantitative estimate of drug-likeness (QED) is 0.339. The lowest BCUT2D eigenvalue weighted by molar-refractivity contribution is -0.170. The van der Waals surface area contributed by atoms with Gasteiger partial charge in [-0.3, -0.25) is 9.59 Å². The van der Waals surface area contributed by atoms with E-state index in [1.165, 1.54) is 18.2 Å². The third kappa shape index (κ3) is 3.26. The van der Waals surface area contributed by atoms with Crippen LogP contribution in [0.25, 0.3) is 0 Å². The average Bonchev–Trinajstić information content (AvgIpc) is 2.32. The Hall–Kier alpha value is -2.24. The first-order valence-electron chi connectivity index (χ1n) is 6.60. The molecule has 0 spiro atoms. The molecule has 0 aliphatic carbocycles. The molecule has 0 aliphatic heterocycles. The molecule has 0 unspecified atom stereocenters. The summed E-state index contributed by atoms with van der Waals surface area (Å²) < 4.78 is 5.25. The van der Waals surface area contributed by atoms with Crippen LogP contribution in [0.3, 0.4) is 0 Å². The van der Waals surface area contributed by atoms with E-state index in [0.717, 1.165) is 0 Å². The smallest absolute Gasteiger partial charge is 0.328 e. The van der Waals surface area contributed by atoms with Crippen molar-refractivity contribution in [3.8, 4) is 5.75 Å². The van der Waals surface area contributed by atoms with Crippen molar-refractivity contribution in [3.05, 3.63) is 23.8 Å². The van der Waals surface area contributed by atoms with Crippen molar-refractivity contribution in [2.24, 2.45) is 0 Å². The van der Waals surface area contributed by atoms with E-state index < -0.39 is 23.0 Å². The lowest BCUT2D eigenvalue weighted by Gasteiger charge is -2.30. The van der Waals surface area contributed by atoms with Crippen molar-refractivity contribution in [1.82, 2.24) is 0 Å². The number of phenols is 1. The lowest BCUT2D eigenvalue weighted by Crippen LogP contribution is -2.47. The summed E-state index contributed by atoms with van der Waals surface area (Å²) >= 11 is 0. The van der Waals surface area contributed by atoms with Crippen molar-refractivity contribution in [3.63, 3.8) is 0 Å². The van der Waals surface area contributed by atoms with Crippen LogP contribution in [-0.4, -0.2) is 27.8 Å². The minimum absolute atomic E-state index is 0.0133. The highest BCUT2D eigenvalue weighted by Gasteiger charge is 2.49. The molecule has 1 atom stereocenters. The van der Waals surface area contributed by atoms with Gasteiger partial charge in [0.2, 0.25) is 0 Å². The highest BCUT2D eigenvalue weighted by Crippen LogP contribution is 2.35. The summed E-state index contributed by atoms with van der Waals surface area (Å²) in [5.74, 6) is -2.47. The Balaban J connectivity index is 3.42. The highest BCUT2D eigenvalue weighted by atomic mass is 16.6. The number of phenolic OH excluding ortho intramolecular Hbond substituents is 1. The summed E-state index contributed by atoms with van der Waals surface area (Å²) in [6, 6.07) is 3.97. The number of hydrogen-bond acceptors (Lipinski definition) is 5. The molecule has 0 heterocycles. The van der Waals surface area contributed by atoms with Crippen LogP contribution in [0.1, 0.15) is 39.7 Å². The molecule has 0 radical (unpaired) electrons. The number of rotatable bonds is 4. The van der Waals surface area contributed by atoms with Crippen LogP contribution < -0.4 is 5.73 Å². The number of nitrogens with two attached hydrogens (primary N) is 1. The number of benzene rings is 1. The van der Waals surface area contributed by atoms with Crippen LogP contribution >= 0.6 is 0 Å². The zero-order valence-corrected chi connectivity index (χ0v) is 12.6. The van der Waals surface area contributed by atoms with Gasteiger partial charge >= 0.3 is 11.9 Å². The SMILES string of the molecule is CC[C@@](C(=O)O)(C(=O)OC(C)(C)C)c1ccc(N)c(O)c1. The van der Waals surface area contributed by atoms with E-state index in [2.05, 4.69) is 0 Å². The van der Waals surface area contributed by atoms with Gasteiger partial charge in [-0.15, -0.1) is 0 Å². The molecular weight excluding hydrogens is 274 g/mol. The average molecular weight is 295 g/mol. The van der Waals surface area contributed by atoms with Gasteiger partial charge in [0.15, 0.2) is 5.41 Å². The Morgan fingerprint density at radius 3 is 2.24 bits per heavy atom. The van der Waals surface area contributed by atoms with Crippen molar-refractivity contribution < 1.29 is 24.5 Å². The fourth-order valence-electron chi connectivity index (χ4n) is 2.00. The Bertz CT molecular complexity index is 562. The zero-order valence-electron chi connectivity index (χ0n) is 12.6. The number of esters is 1. The number of carbonyl (C=O) groups is 2. The summed E-state index contributed by atoms with van der Waals surface area (Å²) in [6.45, 7) is 6.56. The third-order valence-corrected chi connectivity index (χ3v) is 3.17. The number of hydrogen-bond donors (Lipinski definition) is 3. The molecule has 21 heavy (non-hydrogen) atoms. The fraction of sp³-hybridized carbons (Fsp3) is 0.467. The van der Waals surface area contributed by atoms with Gasteiger partial charge in [0.05, 0.1) is 5.69 Å². The second-order valence-corrected chi connectivity index (χ2v) is 5.84. The van der Waals surface area contributed by atoms with Crippen molar-refractivity contribution in [1.29, 1.82) is 0 Å². The summed E-state index contributed by atoms with van der Waals surface area (Å²) in [4.78, 5) is 24.2. The molecule has 0 saturated heterocycles. The summed E-state index contributed by atoms with van der Waals surface area (Å²) in [5, 5.41) is 19.3. The maximum Gasteiger partial charge on any atom is 0.328 e. The lowest BCUT2D eigenvalue weighted by atomic mass is 9.77. The van der Waals surface area contributed by atoms with Crippen molar-refractivity contribution in [2.75, 3.05) is 5.73 Å². The maximum atomic E-state index is 12.4. The summed E-state index contributed by atoms with van der Waals surface area (Å²) in [6.07, 6.45) is -0.0133.